The van der Waals surface area contributed by atoms with Crippen LogP contribution in [-0.4, -0.2) is 57.4 Å². The van der Waals surface area contributed by atoms with Crippen LogP contribution >= 0.6 is 0 Å². The van der Waals surface area contributed by atoms with Gasteiger partial charge in [0.1, 0.15) is 5.72 Å². The van der Waals surface area contributed by atoms with E-state index in [-0.39, 0.29) is 13.2 Å². The number of aliphatic hydroxyl groups is 2. The van der Waals surface area contributed by atoms with Gasteiger partial charge in [0, 0.05) is 6.61 Å². The number of carbonyl (C=O) groups is 1. The van der Waals surface area contributed by atoms with Crippen LogP contribution in [0.1, 0.15) is 26.7 Å². The molecule has 0 aromatic rings. The van der Waals surface area contributed by atoms with Crippen LogP contribution in [0.15, 0.2) is 0 Å². The highest BCUT2D eigenvalue weighted by molar-refractivity contribution is 5.66. The second kappa shape index (κ2) is 4.99. The van der Waals surface area contributed by atoms with E-state index >= 15 is 0 Å². The van der Waals surface area contributed by atoms with Crippen LogP contribution in [-0.2, 0) is 4.74 Å². The first kappa shape index (κ1) is 13.2. The molecular weight excluding hydrogens is 214 g/mol. The average molecular weight is 233 g/mol. The summed E-state index contributed by atoms with van der Waals surface area (Å²) in [6.45, 7) is 3.48. The molecule has 0 aromatic carbocycles. The molecule has 1 saturated heterocycles. The lowest BCUT2D eigenvalue weighted by molar-refractivity contribution is -0.0469. The van der Waals surface area contributed by atoms with Crippen molar-refractivity contribution in [3.05, 3.63) is 0 Å². The number of carboxylic acid groups (broad SMARTS) is 1. The highest BCUT2D eigenvalue weighted by Crippen LogP contribution is 2.29. The van der Waals surface area contributed by atoms with E-state index in [1.165, 1.54) is 0 Å². The van der Waals surface area contributed by atoms with Gasteiger partial charge in [-0.15, -0.1) is 0 Å². The molecule has 0 aliphatic carbocycles. The second-order valence-corrected chi connectivity index (χ2v) is 4.41. The third-order valence-electron chi connectivity index (χ3n) is 2.83. The molecule has 0 saturated carbocycles. The number of aliphatic hydroxyl groups excluding tert-OH is 2. The first-order valence-electron chi connectivity index (χ1n) is 5.35. The summed E-state index contributed by atoms with van der Waals surface area (Å²) in [6.07, 6.45) is -1.09. The highest BCUT2D eigenvalue weighted by Gasteiger charge is 2.46. The topological polar surface area (TPSA) is 90.2 Å². The maximum atomic E-state index is 11.1. The predicted octanol–water partition coefficient (Wildman–Crippen LogP) is 0.235. The Labute approximate surface area is 94.4 Å². The first-order chi connectivity index (χ1) is 7.40. The Balaban J connectivity index is 2.69. The zero-order chi connectivity index (χ0) is 12.3. The molecule has 6 nitrogen and oxygen atoms in total. The van der Waals surface area contributed by atoms with E-state index in [0.717, 1.165) is 4.90 Å². The molecule has 1 unspecified atom stereocenters. The highest BCUT2D eigenvalue weighted by atomic mass is 16.5. The van der Waals surface area contributed by atoms with Gasteiger partial charge in [0.2, 0.25) is 0 Å². The Kier molecular flexibility index (Phi) is 4.12. The average Bonchev–Trinajstić information content (AvgIpc) is 2.50. The smallest absolute Gasteiger partial charge is 0.409 e. The van der Waals surface area contributed by atoms with E-state index in [1.807, 2.05) is 0 Å². The van der Waals surface area contributed by atoms with Crippen molar-refractivity contribution in [1.82, 2.24) is 4.90 Å². The molecule has 1 aliphatic rings. The summed E-state index contributed by atoms with van der Waals surface area (Å²) in [6, 6.07) is -0.556. The van der Waals surface area contributed by atoms with Crippen LogP contribution in [0.5, 0.6) is 0 Å². The van der Waals surface area contributed by atoms with Gasteiger partial charge in [0.25, 0.3) is 0 Å². The maximum absolute atomic E-state index is 11.1. The van der Waals surface area contributed by atoms with Crippen molar-refractivity contribution in [2.24, 2.45) is 0 Å². The second-order valence-electron chi connectivity index (χ2n) is 4.41. The molecule has 1 fully saturated rings. The van der Waals surface area contributed by atoms with Gasteiger partial charge in [-0.25, -0.2) is 4.79 Å². The van der Waals surface area contributed by atoms with Gasteiger partial charge in [-0.2, -0.15) is 0 Å². The van der Waals surface area contributed by atoms with E-state index in [9.17, 15) is 9.90 Å². The molecule has 1 rings (SSSR count). The summed E-state index contributed by atoms with van der Waals surface area (Å²) in [5, 5.41) is 27.6. The summed E-state index contributed by atoms with van der Waals surface area (Å²) in [7, 11) is 0. The Bertz CT molecular complexity index is 256. The van der Waals surface area contributed by atoms with Crippen LogP contribution in [0.3, 0.4) is 0 Å². The number of ether oxygens (including phenoxy) is 1. The van der Waals surface area contributed by atoms with Crippen molar-refractivity contribution in [3.63, 3.8) is 0 Å². The maximum Gasteiger partial charge on any atom is 0.409 e. The summed E-state index contributed by atoms with van der Waals surface area (Å²) in [5.74, 6) is 0. The number of hydrogen-bond donors (Lipinski definition) is 3. The molecule has 2 atom stereocenters. The van der Waals surface area contributed by atoms with Crippen molar-refractivity contribution >= 4 is 6.09 Å². The van der Waals surface area contributed by atoms with Gasteiger partial charge in [-0.1, -0.05) is 0 Å². The molecule has 94 valence electrons. The normalized spacial score (nSPS) is 25.8. The number of rotatable bonds is 4. The summed E-state index contributed by atoms with van der Waals surface area (Å²) < 4.78 is 5.35. The Hall–Kier alpha value is -0.850. The molecule has 1 aliphatic heterocycles. The third-order valence-corrected chi connectivity index (χ3v) is 2.83. The molecular formula is C10H19NO5. The number of amides is 1. The van der Waals surface area contributed by atoms with E-state index < -0.39 is 24.0 Å². The van der Waals surface area contributed by atoms with Crippen molar-refractivity contribution in [1.29, 1.82) is 0 Å². The zero-order valence-electron chi connectivity index (χ0n) is 9.59. The molecule has 0 aromatic heterocycles. The number of hydrogen-bond acceptors (Lipinski definition) is 4. The van der Waals surface area contributed by atoms with Gasteiger partial charge in [0.05, 0.1) is 18.8 Å². The lowest BCUT2D eigenvalue weighted by atomic mass is 10.1. The Morgan fingerprint density at radius 3 is 2.75 bits per heavy atom. The van der Waals surface area contributed by atoms with E-state index in [0.29, 0.717) is 12.8 Å². The van der Waals surface area contributed by atoms with E-state index in [1.54, 1.807) is 13.8 Å². The van der Waals surface area contributed by atoms with Crippen LogP contribution < -0.4 is 0 Å². The predicted molar refractivity (Wildman–Crippen MR) is 56.0 cm³/mol. The molecule has 6 heteroatoms. The summed E-state index contributed by atoms with van der Waals surface area (Å²) in [4.78, 5) is 12.2. The van der Waals surface area contributed by atoms with Gasteiger partial charge >= 0.3 is 6.09 Å². The minimum Gasteiger partial charge on any atom is -0.465 e. The Morgan fingerprint density at radius 2 is 2.25 bits per heavy atom. The van der Waals surface area contributed by atoms with Gasteiger partial charge in [-0.05, 0) is 26.7 Å². The quantitative estimate of drug-likeness (QED) is 0.647. The van der Waals surface area contributed by atoms with Crippen LogP contribution in [0.25, 0.3) is 0 Å². The molecule has 3 N–H and O–H groups in total. The molecule has 1 heterocycles. The fourth-order valence-electron chi connectivity index (χ4n) is 1.98. The molecule has 0 bridgehead atoms. The number of nitrogens with zero attached hydrogens (tertiary/aromatic N) is 1. The van der Waals surface area contributed by atoms with Crippen molar-refractivity contribution in [3.8, 4) is 0 Å². The van der Waals surface area contributed by atoms with Crippen LogP contribution in [0.2, 0.25) is 0 Å². The first-order valence-corrected chi connectivity index (χ1v) is 5.35. The van der Waals surface area contributed by atoms with E-state index in [2.05, 4.69) is 0 Å². The fraction of sp³-hybridized carbons (Fsp3) is 0.900. The molecule has 0 spiro atoms. The summed E-state index contributed by atoms with van der Waals surface area (Å²) in [5.41, 5.74) is -0.906. The molecule has 16 heavy (non-hydrogen) atoms. The molecule has 0 radical (unpaired) electrons. The largest absolute Gasteiger partial charge is 0.465 e. The van der Waals surface area contributed by atoms with Crippen molar-refractivity contribution in [2.75, 3.05) is 13.2 Å². The van der Waals surface area contributed by atoms with Gasteiger partial charge in [-0.3, -0.25) is 4.90 Å². The SMILES string of the molecule is CC1(C)OC[C@H](C(O)CCCO)N1C(=O)O. The van der Waals surface area contributed by atoms with Crippen molar-refractivity contribution in [2.45, 2.75) is 44.6 Å². The van der Waals surface area contributed by atoms with Gasteiger partial charge in [0.15, 0.2) is 0 Å². The monoisotopic (exact) mass is 233 g/mol. The standard InChI is InChI=1S/C10H19NO5/c1-10(2)11(9(14)15)7(6-16-10)8(13)4-3-5-12/h7-8,12-13H,3-6H2,1-2H3,(H,14,15)/t7-,8?/m1/s1. The van der Waals surface area contributed by atoms with E-state index in [4.69, 9.17) is 14.9 Å². The fourth-order valence-corrected chi connectivity index (χ4v) is 1.98. The molecule has 1 amide bonds. The zero-order valence-corrected chi connectivity index (χ0v) is 9.59. The lowest BCUT2D eigenvalue weighted by Crippen LogP contribution is -2.51. The van der Waals surface area contributed by atoms with Gasteiger partial charge < -0.3 is 20.1 Å². The van der Waals surface area contributed by atoms with Crippen LogP contribution in [0, 0.1) is 0 Å². The van der Waals surface area contributed by atoms with Crippen molar-refractivity contribution < 1.29 is 24.9 Å². The minimum absolute atomic E-state index is 0.0128. The third kappa shape index (κ3) is 2.63. The Morgan fingerprint density at radius 1 is 1.62 bits per heavy atom. The summed E-state index contributed by atoms with van der Waals surface area (Å²) >= 11 is 0. The lowest BCUT2D eigenvalue weighted by Gasteiger charge is -2.32. The van der Waals surface area contributed by atoms with Crippen LogP contribution in [0.4, 0.5) is 4.79 Å². The minimum atomic E-state index is -1.10.